The lowest BCUT2D eigenvalue weighted by atomic mass is 10.1. The Bertz CT molecular complexity index is 492. The van der Waals surface area contributed by atoms with Gasteiger partial charge in [0.1, 0.15) is 0 Å². The van der Waals surface area contributed by atoms with E-state index >= 15 is 0 Å². The van der Waals surface area contributed by atoms with E-state index in [4.69, 9.17) is 17.3 Å². The molecular formula is C22H34ClNO2. The Morgan fingerprint density at radius 1 is 0.808 bits per heavy atom. The molecule has 146 valence electrons. The van der Waals surface area contributed by atoms with Gasteiger partial charge in [0.2, 0.25) is 5.91 Å². The fourth-order valence-corrected chi connectivity index (χ4v) is 2.35. The lowest BCUT2D eigenvalue weighted by Gasteiger charge is -2.02. The minimum Gasteiger partial charge on any atom is -0.368 e. The van der Waals surface area contributed by atoms with Crippen molar-refractivity contribution in [2.45, 2.75) is 76.5 Å². The highest BCUT2D eigenvalue weighted by Crippen LogP contribution is 2.06. The van der Waals surface area contributed by atoms with Crippen LogP contribution >= 0.6 is 11.6 Å². The van der Waals surface area contributed by atoms with Crippen molar-refractivity contribution in [1.82, 2.24) is 0 Å². The molecule has 0 heterocycles. The van der Waals surface area contributed by atoms with Crippen LogP contribution < -0.4 is 5.73 Å². The predicted molar refractivity (Wildman–Crippen MR) is 112 cm³/mol. The van der Waals surface area contributed by atoms with Crippen LogP contribution in [0.15, 0.2) is 48.6 Å². The summed E-state index contributed by atoms with van der Waals surface area (Å²) in [6.07, 6.45) is 27.0. The van der Waals surface area contributed by atoms with Gasteiger partial charge in [-0.1, -0.05) is 68.4 Å². The number of ketones is 1. The van der Waals surface area contributed by atoms with Crippen LogP contribution in [0, 0.1) is 0 Å². The standard InChI is InChI=1S/C22H34ClNO2/c1-2-3-4-5-6-7-8-9-10-11-12-13-14-15-16-17-18-19-20(25)21(23)22(24)26/h6-7,9-10,12-13,15-16,21H,2-5,8,11,14,17-19H2,1H3,(H2,24,26)/b7-6-,10-9-,13-12-,16-15-. The Morgan fingerprint density at radius 2 is 1.27 bits per heavy atom. The molecular weight excluding hydrogens is 346 g/mol. The van der Waals surface area contributed by atoms with E-state index in [1.54, 1.807) is 0 Å². The van der Waals surface area contributed by atoms with Crippen molar-refractivity contribution >= 4 is 23.3 Å². The van der Waals surface area contributed by atoms with Gasteiger partial charge in [-0.3, -0.25) is 9.59 Å². The van der Waals surface area contributed by atoms with E-state index in [2.05, 4.69) is 49.5 Å². The van der Waals surface area contributed by atoms with E-state index in [0.717, 1.165) is 25.7 Å². The molecule has 26 heavy (non-hydrogen) atoms. The van der Waals surface area contributed by atoms with Crippen LogP contribution in [-0.4, -0.2) is 17.1 Å². The summed E-state index contributed by atoms with van der Waals surface area (Å²) in [6.45, 7) is 2.23. The Labute approximate surface area is 164 Å². The van der Waals surface area contributed by atoms with E-state index in [1.807, 2.05) is 6.08 Å². The van der Waals surface area contributed by atoms with Crippen LogP contribution in [-0.2, 0) is 9.59 Å². The summed E-state index contributed by atoms with van der Waals surface area (Å²) in [5.74, 6) is -1.07. The predicted octanol–water partition coefficient (Wildman–Crippen LogP) is 5.79. The van der Waals surface area contributed by atoms with Gasteiger partial charge in [-0.15, -0.1) is 11.6 Å². The Morgan fingerprint density at radius 3 is 1.73 bits per heavy atom. The van der Waals surface area contributed by atoms with Crippen molar-refractivity contribution in [1.29, 1.82) is 0 Å². The lowest BCUT2D eigenvalue weighted by Crippen LogP contribution is -2.30. The zero-order chi connectivity index (χ0) is 19.5. The second-order valence-corrected chi connectivity index (χ2v) is 6.65. The number of rotatable bonds is 16. The van der Waals surface area contributed by atoms with Gasteiger partial charge in [-0.2, -0.15) is 0 Å². The molecule has 0 aliphatic heterocycles. The first-order valence-electron chi connectivity index (χ1n) is 9.65. The fraction of sp³-hybridized carbons (Fsp3) is 0.545. The van der Waals surface area contributed by atoms with E-state index in [-0.39, 0.29) is 12.2 Å². The van der Waals surface area contributed by atoms with Gasteiger partial charge in [0.15, 0.2) is 11.2 Å². The van der Waals surface area contributed by atoms with Crippen molar-refractivity contribution in [2.24, 2.45) is 5.73 Å². The first-order valence-corrected chi connectivity index (χ1v) is 10.1. The summed E-state index contributed by atoms with van der Waals surface area (Å²) in [7, 11) is 0. The van der Waals surface area contributed by atoms with Gasteiger partial charge in [0.25, 0.3) is 0 Å². The molecule has 3 nitrogen and oxygen atoms in total. The van der Waals surface area contributed by atoms with Crippen molar-refractivity contribution in [2.75, 3.05) is 0 Å². The molecule has 0 saturated carbocycles. The number of allylic oxidation sites excluding steroid dienone is 8. The van der Waals surface area contributed by atoms with E-state index < -0.39 is 11.3 Å². The first-order chi connectivity index (χ1) is 12.6. The van der Waals surface area contributed by atoms with Gasteiger partial charge in [0.05, 0.1) is 0 Å². The zero-order valence-electron chi connectivity index (χ0n) is 16.0. The smallest absolute Gasteiger partial charge is 0.243 e. The molecule has 0 bridgehead atoms. The van der Waals surface area contributed by atoms with Crippen molar-refractivity contribution < 1.29 is 9.59 Å². The average Bonchev–Trinajstić information content (AvgIpc) is 2.63. The Balaban J connectivity index is 3.57. The number of primary amides is 1. The zero-order valence-corrected chi connectivity index (χ0v) is 16.8. The average molecular weight is 380 g/mol. The highest BCUT2D eigenvalue weighted by Gasteiger charge is 2.19. The van der Waals surface area contributed by atoms with Gasteiger partial charge >= 0.3 is 0 Å². The number of hydrogen-bond acceptors (Lipinski definition) is 2. The molecule has 2 N–H and O–H groups in total. The van der Waals surface area contributed by atoms with Crippen LogP contribution in [0.4, 0.5) is 0 Å². The van der Waals surface area contributed by atoms with Crippen molar-refractivity contribution in [3.63, 3.8) is 0 Å². The van der Waals surface area contributed by atoms with Gasteiger partial charge in [0, 0.05) is 6.42 Å². The number of unbranched alkanes of at least 4 members (excludes halogenated alkanes) is 4. The SMILES string of the molecule is CCCCC/C=C\C/C=C\C/C=C\C/C=C\CCCC(=O)C(Cl)C(N)=O. The maximum absolute atomic E-state index is 11.5. The molecule has 0 rings (SSSR count). The van der Waals surface area contributed by atoms with Crippen molar-refractivity contribution in [3.8, 4) is 0 Å². The number of amides is 1. The number of Topliss-reactive ketones (excluding diaryl/α,β-unsaturated/α-hetero) is 1. The number of carbonyl (C=O) groups is 2. The van der Waals surface area contributed by atoms with Crippen LogP contribution in [0.25, 0.3) is 0 Å². The number of nitrogens with two attached hydrogens (primary N) is 1. The molecule has 0 radical (unpaired) electrons. The van der Waals surface area contributed by atoms with Crippen LogP contribution in [0.3, 0.4) is 0 Å². The summed E-state index contributed by atoms with van der Waals surface area (Å²) in [5.41, 5.74) is 4.98. The highest BCUT2D eigenvalue weighted by molar-refractivity contribution is 6.41. The molecule has 1 unspecified atom stereocenters. The first kappa shape index (κ1) is 24.4. The maximum atomic E-state index is 11.5. The lowest BCUT2D eigenvalue weighted by molar-refractivity contribution is -0.125. The molecule has 0 aliphatic rings. The summed E-state index contributed by atoms with van der Waals surface area (Å²) in [5, 5.41) is -1.19. The van der Waals surface area contributed by atoms with Gasteiger partial charge in [-0.25, -0.2) is 0 Å². The Kier molecular flexibility index (Phi) is 17.1. The molecule has 0 fully saturated rings. The maximum Gasteiger partial charge on any atom is 0.243 e. The highest BCUT2D eigenvalue weighted by atomic mass is 35.5. The van der Waals surface area contributed by atoms with Gasteiger partial charge in [-0.05, 0) is 44.9 Å². The largest absolute Gasteiger partial charge is 0.368 e. The number of carbonyl (C=O) groups excluding carboxylic acids is 2. The van der Waals surface area contributed by atoms with Gasteiger partial charge < -0.3 is 5.73 Å². The number of alkyl halides is 1. The molecule has 1 atom stereocenters. The van der Waals surface area contributed by atoms with Crippen molar-refractivity contribution in [3.05, 3.63) is 48.6 Å². The molecule has 4 heteroatoms. The minimum absolute atomic E-state index is 0.287. The molecule has 0 aromatic heterocycles. The molecule has 0 saturated heterocycles. The topological polar surface area (TPSA) is 60.2 Å². The monoisotopic (exact) mass is 379 g/mol. The normalized spacial score (nSPS) is 13.5. The fourth-order valence-electron chi connectivity index (χ4n) is 2.24. The Hall–Kier alpha value is -1.61. The van der Waals surface area contributed by atoms with Crippen LogP contribution in [0.1, 0.15) is 71.1 Å². The molecule has 1 amide bonds. The van der Waals surface area contributed by atoms with E-state index in [9.17, 15) is 9.59 Å². The summed E-state index contributed by atoms with van der Waals surface area (Å²) in [6, 6.07) is 0. The second kappa shape index (κ2) is 18.2. The number of hydrogen-bond donors (Lipinski definition) is 1. The summed E-state index contributed by atoms with van der Waals surface area (Å²) in [4.78, 5) is 22.2. The van der Waals surface area contributed by atoms with E-state index in [1.165, 1.54) is 25.7 Å². The van der Waals surface area contributed by atoms with E-state index in [0.29, 0.717) is 6.42 Å². The third-order valence-corrected chi connectivity index (χ3v) is 4.24. The third kappa shape index (κ3) is 15.9. The molecule has 0 aliphatic carbocycles. The molecule has 0 spiro atoms. The molecule has 0 aromatic carbocycles. The minimum atomic E-state index is -1.19. The van der Waals surface area contributed by atoms with Crippen LogP contribution in [0.5, 0.6) is 0 Å². The quantitative estimate of drug-likeness (QED) is 0.159. The summed E-state index contributed by atoms with van der Waals surface area (Å²) >= 11 is 5.58. The number of halogens is 1. The third-order valence-electron chi connectivity index (χ3n) is 3.78. The summed E-state index contributed by atoms with van der Waals surface area (Å²) < 4.78 is 0. The van der Waals surface area contributed by atoms with Crippen LogP contribution in [0.2, 0.25) is 0 Å². The molecule has 0 aromatic rings. The second-order valence-electron chi connectivity index (χ2n) is 6.21.